The fourth-order valence-electron chi connectivity index (χ4n) is 1.13. The highest BCUT2D eigenvalue weighted by Gasteiger charge is 2.27. The van der Waals surface area contributed by atoms with Crippen LogP contribution in [-0.4, -0.2) is 33.0 Å². The van der Waals surface area contributed by atoms with Gasteiger partial charge in [-0.15, -0.1) is 0 Å². The number of rotatable bonds is 6. The van der Waals surface area contributed by atoms with Gasteiger partial charge in [-0.25, -0.2) is 0 Å². The highest BCUT2D eigenvalue weighted by molar-refractivity contribution is 5.79. The van der Waals surface area contributed by atoms with Gasteiger partial charge >= 0.3 is 6.18 Å². The number of carbonyl (C=O) groups is 1. The molecule has 1 aromatic carbocycles. The number of hydrogen-bond acceptors (Lipinski definition) is 4. The lowest BCUT2D eigenvalue weighted by atomic mass is 10.2. The van der Waals surface area contributed by atoms with Gasteiger partial charge in [0, 0.05) is 6.07 Å². The third-order valence-electron chi connectivity index (χ3n) is 1.91. The average molecular weight is 264 g/mol. The number of benzene rings is 1. The Morgan fingerprint density at radius 3 is 2.61 bits per heavy atom. The van der Waals surface area contributed by atoms with Crippen LogP contribution in [0.2, 0.25) is 0 Å². The lowest BCUT2D eigenvalue weighted by Gasteiger charge is -2.11. The summed E-state index contributed by atoms with van der Waals surface area (Å²) in [6, 6.07) is 4.36. The molecule has 0 atom stereocenters. The summed E-state index contributed by atoms with van der Waals surface area (Å²) in [7, 11) is 1.42. The zero-order chi connectivity index (χ0) is 13.6. The number of hydrogen-bond donors (Lipinski definition) is 0. The van der Waals surface area contributed by atoms with E-state index in [-0.39, 0.29) is 11.3 Å². The molecular weight excluding hydrogens is 253 g/mol. The number of aldehydes is 1. The van der Waals surface area contributed by atoms with Crippen molar-refractivity contribution >= 4 is 6.29 Å². The molecule has 0 fully saturated rings. The quantitative estimate of drug-likeness (QED) is 0.449. The van der Waals surface area contributed by atoms with Crippen molar-refractivity contribution in [2.24, 2.45) is 0 Å². The van der Waals surface area contributed by atoms with Crippen molar-refractivity contribution in [3.63, 3.8) is 0 Å². The Bertz CT molecular complexity index is 404. The summed E-state index contributed by atoms with van der Waals surface area (Å²) >= 11 is 0. The Morgan fingerprint density at radius 2 is 2.06 bits per heavy atom. The van der Waals surface area contributed by atoms with Gasteiger partial charge in [-0.05, 0) is 12.1 Å². The van der Waals surface area contributed by atoms with Crippen molar-refractivity contribution in [1.82, 2.24) is 0 Å². The highest BCUT2D eigenvalue weighted by atomic mass is 19.4. The number of carbonyl (C=O) groups excluding carboxylic acids is 1. The molecule has 0 aromatic heterocycles. The first kappa shape index (κ1) is 14.3. The average Bonchev–Trinajstić information content (AvgIpc) is 2.33. The van der Waals surface area contributed by atoms with Crippen LogP contribution in [0.5, 0.6) is 11.5 Å². The van der Waals surface area contributed by atoms with Crippen LogP contribution >= 0.6 is 0 Å². The maximum atomic E-state index is 11.8. The summed E-state index contributed by atoms with van der Waals surface area (Å²) in [5, 5.41) is 0. The molecule has 0 amide bonds. The van der Waals surface area contributed by atoms with Crippen molar-refractivity contribution in [3.8, 4) is 11.5 Å². The molecule has 7 heteroatoms. The molecule has 0 saturated heterocycles. The van der Waals surface area contributed by atoms with Gasteiger partial charge in [-0.3, -0.25) is 4.79 Å². The maximum absolute atomic E-state index is 11.8. The van der Waals surface area contributed by atoms with Gasteiger partial charge in [-0.2, -0.15) is 13.2 Å². The summed E-state index contributed by atoms with van der Waals surface area (Å²) in [6.07, 6.45) is -3.89. The van der Waals surface area contributed by atoms with Crippen molar-refractivity contribution in [2.45, 2.75) is 6.18 Å². The number of halogens is 3. The molecule has 18 heavy (non-hydrogen) atoms. The largest absolute Gasteiger partial charge is 0.497 e. The normalized spacial score (nSPS) is 11.1. The summed E-state index contributed by atoms with van der Waals surface area (Å²) in [6.45, 7) is -2.01. The number of methoxy groups -OCH3 is 1. The Labute approximate surface area is 101 Å². The van der Waals surface area contributed by atoms with Crippen molar-refractivity contribution in [3.05, 3.63) is 23.8 Å². The van der Waals surface area contributed by atoms with Crippen molar-refractivity contribution in [2.75, 3.05) is 20.5 Å². The van der Waals surface area contributed by atoms with E-state index in [1.54, 1.807) is 0 Å². The molecule has 4 nitrogen and oxygen atoms in total. The van der Waals surface area contributed by atoms with Crippen LogP contribution in [0.3, 0.4) is 0 Å². The molecule has 0 radical (unpaired) electrons. The molecule has 1 rings (SSSR count). The summed E-state index contributed by atoms with van der Waals surface area (Å²) in [5.41, 5.74) is 0.200. The van der Waals surface area contributed by atoms with Gasteiger partial charge in [0.1, 0.15) is 18.1 Å². The van der Waals surface area contributed by atoms with Crippen LogP contribution in [0.1, 0.15) is 10.4 Å². The van der Waals surface area contributed by atoms with E-state index in [2.05, 4.69) is 4.74 Å². The molecule has 100 valence electrons. The van der Waals surface area contributed by atoms with E-state index in [0.29, 0.717) is 12.0 Å². The van der Waals surface area contributed by atoms with Gasteiger partial charge < -0.3 is 14.2 Å². The Kier molecular flexibility index (Phi) is 4.96. The minimum atomic E-state index is -4.41. The third-order valence-corrected chi connectivity index (χ3v) is 1.91. The molecule has 1 aromatic rings. The number of ether oxygens (including phenoxy) is 3. The van der Waals surface area contributed by atoms with Gasteiger partial charge in [0.05, 0.1) is 12.7 Å². The van der Waals surface area contributed by atoms with Gasteiger partial charge in [-0.1, -0.05) is 0 Å². The van der Waals surface area contributed by atoms with E-state index in [4.69, 9.17) is 9.47 Å². The van der Waals surface area contributed by atoms with E-state index in [0.717, 1.165) is 0 Å². The highest BCUT2D eigenvalue weighted by Crippen LogP contribution is 2.23. The van der Waals surface area contributed by atoms with Crippen LogP contribution in [0.4, 0.5) is 13.2 Å². The van der Waals surface area contributed by atoms with E-state index >= 15 is 0 Å². The van der Waals surface area contributed by atoms with E-state index < -0.39 is 19.6 Å². The predicted octanol–water partition coefficient (Wildman–Crippen LogP) is 2.42. The van der Waals surface area contributed by atoms with Gasteiger partial charge in [0.2, 0.25) is 0 Å². The first-order valence-corrected chi connectivity index (χ1v) is 4.87. The molecular formula is C11H11F3O4. The molecule has 0 aliphatic rings. The minimum absolute atomic E-state index is 0.103. The predicted molar refractivity (Wildman–Crippen MR) is 55.9 cm³/mol. The summed E-state index contributed by atoms with van der Waals surface area (Å²) in [4.78, 5) is 10.7. The lowest BCUT2D eigenvalue weighted by Crippen LogP contribution is -2.19. The summed E-state index contributed by atoms with van der Waals surface area (Å²) in [5.74, 6) is 0.526. The molecule has 0 saturated carbocycles. The second-order valence-corrected chi connectivity index (χ2v) is 3.25. The first-order chi connectivity index (χ1) is 8.46. The fraction of sp³-hybridized carbons (Fsp3) is 0.364. The number of alkyl halides is 3. The molecule has 0 N–H and O–H groups in total. The Morgan fingerprint density at radius 1 is 1.33 bits per heavy atom. The SMILES string of the molecule is COc1ccc(C=O)c(OCOCC(F)(F)F)c1. The van der Waals surface area contributed by atoms with Crippen LogP contribution in [0.15, 0.2) is 18.2 Å². The van der Waals surface area contributed by atoms with Crippen LogP contribution in [0.25, 0.3) is 0 Å². The molecule has 0 heterocycles. The first-order valence-electron chi connectivity index (χ1n) is 4.87. The second-order valence-electron chi connectivity index (χ2n) is 3.25. The van der Waals surface area contributed by atoms with Crippen LogP contribution in [0, 0.1) is 0 Å². The van der Waals surface area contributed by atoms with Crippen molar-refractivity contribution in [1.29, 1.82) is 0 Å². The molecule has 0 aliphatic carbocycles. The smallest absolute Gasteiger partial charge is 0.411 e. The van der Waals surface area contributed by atoms with Crippen LogP contribution in [-0.2, 0) is 4.74 Å². The molecule has 0 unspecified atom stereocenters. The maximum Gasteiger partial charge on any atom is 0.411 e. The second kappa shape index (κ2) is 6.25. The standard InChI is InChI=1S/C11H11F3O4/c1-16-9-3-2-8(5-15)10(4-9)18-7-17-6-11(12,13)14/h2-5H,6-7H2,1H3. The van der Waals surface area contributed by atoms with Gasteiger partial charge in [0.15, 0.2) is 13.1 Å². The third kappa shape index (κ3) is 4.62. The zero-order valence-electron chi connectivity index (χ0n) is 9.49. The zero-order valence-corrected chi connectivity index (χ0v) is 9.49. The van der Waals surface area contributed by atoms with Crippen LogP contribution < -0.4 is 9.47 Å². The van der Waals surface area contributed by atoms with E-state index in [1.807, 2.05) is 0 Å². The molecule has 0 bridgehead atoms. The Hall–Kier alpha value is -1.76. The molecule has 0 spiro atoms. The monoisotopic (exact) mass is 264 g/mol. The van der Waals surface area contributed by atoms with Crippen molar-refractivity contribution < 1.29 is 32.2 Å². The minimum Gasteiger partial charge on any atom is -0.497 e. The topological polar surface area (TPSA) is 44.8 Å². The summed E-state index contributed by atoms with van der Waals surface area (Å²) < 4.78 is 49.5. The Balaban J connectivity index is 2.57. The van der Waals surface area contributed by atoms with E-state index in [9.17, 15) is 18.0 Å². The molecule has 0 aliphatic heterocycles. The fourth-order valence-corrected chi connectivity index (χ4v) is 1.13. The van der Waals surface area contributed by atoms with E-state index in [1.165, 1.54) is 25.3 Å². The lowest BCUT2D eigenvalue weighted by molar-refractivity contribution is -0.186. The van der Waals surface area contributed by atoms with Gasteiger partial charge in [0.25, 0.3) is 0 Å².